The molecule has 0 saturated carbocycles. The maximum atomic E-state index is 11.0. The van der Waals surface area contributed by atoms with Gasteiger partial charge in [-0.1, -0.05) is 6.92 Å². The lowest BCUT2D eigenvalue weighted by Gasteiger charge is -2.17. The number of carbonyl (C=O) groups excluding carboxylic acids is 1. The van der Waals surface area contributed by atoms with E-state index in [1.165, 1.54) is 20.1 Å². The normalized spacial score (nSPS) is 9.94. The zero-order valence-electron chi connectivity index (χ0n) is 10.0. The Morgan fingerprint density at radius 3 is 2.53 bits per heavy atom. The molecule has 6 nitrogen and oxygen atoms in total. The van der Waals surface area contributed by atoms with Crippen LogP contribution in [0.4, 0.5) is 11.4 Å². The van der Waals surface area contributed by atoms with Gasteiger partial charge in [-0.25, -0.2) is 0 Å². The van der Waals surface area contributed by atoms with Crippen LogP contribution in [0.2, 0.25) is 0 Å². The van der Waals surface area contributed by atoms with Gasteiger partial charge in [0.15, 0.2) is 5.75 Å². The molecule has 0 aromatic heterocycles. The van der Waals surface area contributed by atoms with Crippen LogP contribution in [0, 0.1) is 0 Å². The summed E-state index contributed by atoms with van der Waals surface area (Å²) in [4.78, 5) is 11.0. The summed E-state index contributed by atoms with van der Waals surface area (Å²) in [5.74, 6) is 0.136. The summed E-state index contributed by atoms with van der Waals surface area (Å²) < 4.78 is 5.11. The van der Waals surface area contributed by atoms with Gasteiger partial charge < -0.3 is 10.1 Å². The summed E-state index contributed by atoms with van der Waals surface area (Å²) in [6, 6.07) is 3.15. The molecule has 0 aliphatic carbocycles. The first kappa shape index (κ1) is 13.3. The van der Waals surface area contributed by atoms with Crippen LogP contribution >= 0.6 is 0 Å². The predicted molar refractivity (Wildman–Crippen MR) is 62.7 cm³/mol. The zero-order valence-corrected chi connectivity index (χ0v) is 10.0. The van der Waals surface area contributed by atoms with E-state index < -0.39 is 0 Å². The number of ether oxygens (including phenoxy) is 1. The number of nitrogens with one attached hydrogen (secondary N) is 1. The van der Waals surface area contributed by atoms with Gasteiger partial charge in [-0.05, 0) is 24.1 Å². The molecule has 1 aromatic rings. The largest absolute Gasteiger partial charge is 0.494 e. The van der Waals surface area contributed by atoms with Crippen molar-refractivity contribution in [2.75, 3.05) is 17.7 Å². The number of amides is 1. The SMILES string of the molecule is CCc1cc(NC(C)=O)cc(N(O)O)c1OC. The first-order chi connectivity index (χ1) is 7.99. The number of aryl methyl sites for hydroxylation is 1. The van der Waals surface area contributed by atoms with E-state index in [1.807, 2.05) is 6.92 Å². The molecular formula is C11H16N2O4. The molecule has 0 radical (unpaired) electrons. The number of nitrogens with zero attached hydrogens (tertiary/aromatic N) is 1. The van der Waals surface area contributed by atoms with Gasteiger partial charge in [0.1, 0.15) is 5.69 Å². The Morgan fingerprint density at radius 2 is 2.12 bits per heavy atom. The van der Waals surface area contributed by atoms with Gasteiger partial charge in [-0.15, -0.1) is 5.23 Å². The average molecular weight is 240 g/mol. The van der Waals surface area contributed by atoms with Crippen molar-refractivity contribution in [1.29, 1.82) is 0 Å². The Balaban J connectivity index is 3.29. The Labute approximate surface area is 99.3 Å². The second kappa shape index (κ2) is 5.51. The maximum Gasteiger partial charge on any atom is 0.221 e. The highest BCUT2D eigenvalue weighted by atomic mass is 16.8. The second-order valence-electron chi connectivity index (χ2n) is 3.51. The van der Waals surface area contributed by atoms with Crippen molar-refractivity contribution in [2.24, 2.45) is 0 Å². The molecule has 1 amide bonds. The number of methoxy groups -OCH3 is 1. The lowest BCUT2D eigenvalue weighted by Crippen LogP contribution is -2.14. The Bertz CT molecular complexity index is 418. The highest BCUT2D eigenvalue weighted by Crippen LogP contribution is 2.34. The van der Waals surface area contributed by atoms with Gasteiger partial charge in [0.25, 0.3) is 0 Å². The molecule has 0 unspecified atom stereocenters. The standard InChI is InChI=1S/C11H16N2O4/c1-4-8-5-9(12-7(2)14)6-10(13(15)16)11(8)17-3/h5-6,15-16H,4H2,1-3H3,(H,12,14). The molecule has 1 rings (SSSR count). The monoisotopic (exact) mass is 240 g/mol. The van der Waals surface area contributed by atoms with E-state index in [1.54, 1.807) is 6.07 Å². The van der Waals surface area contributed by atoms with Gasteiger partial charge >= 0.3 is 0 Å². The first-order valence-corrected chi connectivity index (χ1v) is 5.16. The molecule has 0 spiro atoms. The fourth-order valence-corrected chi connectivity index (χ4v) is 1.59. The van der Waals surface area contributed by atoms with Crippen molar-refractivity contribution in [3.05, 3.63) is 17.7 Å². The fraction of sp³-hybridized carbons (Fsp3) is 0.364. The highest BCUT2D eigenvalue weighted by molar-refractivity contribution is 5.90. The van der Waals surface area contributed by atoms with Crippen molar-refractivity contribution in [3.8, 4) is 5.75 Å². The maximum absolute atomic E-state index is 11.0. The third-order valence-corrected chi connectivity index (χ3v) is 2.27. The molecule has 0 saturated heterocycles. The van der Waals surface area contributed by atoms with Gasteiger partial charge in [-0.2, -0.15) is 0 Å². The van der Waals surface area contributed by atoms with Crippen molar-refractivity contribution in [1.82, 2.24) is 0 Å². The number of benzene rings is 1. The number of anilines is 2. The minimum Gasteiger partial charge on any atom is -0.494 e. The van der Waals surface area contributed by atoms with Gasteiger partial charge in [0, 0.05) is 12.6 Å². The van der Waals surface area contributed by atoms with Crippen LogP contribution in [0.5, 0.6) is 5.75 Å². The van der Waals surface area contributed by atoms with Crippen molar-refractivity contribution in [2.45, 2.75) is 20.3 Å². The molecule has 6 heteroatoms. The number of hydrogen-bond donors (Lipinski definition) is 3. The molecule has 1 aromatic carbocycles. The third kappa shape index (κ3) is 3.08. The summed E-state index contributed by atoms with van der Waals surface area (Å²) in [6.45, 7) is 3.28. The number of hydrogen-bond acceptors (Lipinski definition) is 5. The molecule has 0 atom stereocenters. The van der Waals surface area contributed by atoms with Crippen LogP contribution in [-0.2, 0) is 11.2 Å². The lowest BCUT2D eigenvalue weighted by atomic mass is 10.1. The van der Waals surface area contributed by atoms with Crippen LogP contribution in [0.25, 0.3) is 0 Å². The minimum atomic E-state index is -0.231. The van der Waals surface area contributed by atoms with E-state index in [0.717, 1.165) is 5.56 Å². The molecule has 0 aliphatic rings. The van der Waals surface area contributed by atoms with E-state index in [-0.39, 0.29) is 16.8 Å². The summed E-state index contributed by atoms with van der Waals surface area (Å²) in [7, 11) is 1.44. The van der Waals surface area contributed by atoms with Crippen LogP contribution in [0.1, 0.15) is 19.4 Å². The fourth-order valence-electron chi connectivity index (χ4n) is 1.59. The summed E-state index contributed by atoms with van der Waals surface area (Å²) in [5, 5.41) is 20.8. The quantitative estimate of drug-likeness (QED) is 0.699. The molecule has 0 fully saturated rings. The van der Waals surface area contributed by atoms with Gasteiger partial charge in [-0.3, -0.25) is 15.2 Å². The van der Waals surface area contributed by atoms with E-state index in [4.69, 9.17) is 15.2 Å². The van der Waals surface area contributed by atoms with E-state index in [9.17, 15) is 4.79 Å². The van der Waals surface area contributed by atoms with Gasteiger partial charge in [0.05, 0.1) is 7.11 Å². The van der Waals surface area contributed by atoms with E-state index >= 15 is 0 Å². The minimum absolute atomic E-state index is 0.0245. The number of carbonyl (C=O) groups is 1. The van der Waals surface area contributed by atoms with Crippen molar-refractivity contribution < 1.29 is 19.9 Å². The zero-order chi connectivity index (χ0) is 13.0. The van der Waals surface area contributed by atoms with E-state index in [0.29, 0.717) is 17.9 Å². The lowest BCUT2D eigenvalue weighted by molar-refractivity contribution is -0.114. The van der Waals surface area contributed by atoms with Crippen molar-refractivity contribution >= 4 is 17.3 Å². The molecule has 0 bridgehead atoms. The first-order valence-electron chi connectivity index (χ1n) is 5.16. The molecule has 17 heavy (non-hydrogen) atoms. The summed E-state index contributed by atoms with van der Waals surface area (Å²) in [5.41, 5.74) is 1.33. The Kier molecular flexibility index (Phi) is 4.30. The average Bonchev–Trinajstić information content (AvgIpc) is 2.26. The van der Waals surface area contributed by atoms with Crippen LogP contribution < -0.4 is 15.3 Å². The number of rotatable bonds is 4. The van der Waals surface area contributed by atoms with Crippen molar-refractivity contribution in [3.63, 3.8) is 0 Å². The topological polar surface area (TPSA) is 82.0 Å². The molecule has 94 valence electrons. The highest BCUT2D eigenvalue weighted by Gasteiger charge is 2.14. The van der Waals surface area contributed by atoms with Gasteiger partial charge in [0.2, 0.25) is 5.91 Å². The smallest absolute Gasteiger partial charge is 0.221 e. The molecule has 3 N–H and O–H groups in total. The molecule has 0 heterocycles. The second-order valence-corrected chi connectivity index (χ2v) is 3.51. The van der Waals surface area contributed by atoms with Crippen LogP contribution in [0.15, 0.2) is 12.1 Å². The molecular weight excluding hydrogens is 224 g/mol. The Morgan fingerprint density at radius 1 is 1.47 bits per heavy atom. The predicted octanol–water partition coefficient (Wildman–Crippen LogP) is 1.80. The summed E-state index contributed by atoms with van der Waals surface area (Å²) >= 11 is 0. The van der Waals surface area contributed by atoms with E-state index in [2.05, 4.69) is 5.32 Å². The third-order valence-electron chi connectivity index (χ3n) is 2.27. The van der Waals surface area contributed by atoms with Crippen LogP contribution in [-0.4, -0.2) is 23.4 Å². The van der Waals surface area contributed by atoms with Crippen LogP contribution in [0.3, 0.4) is 0 Å². The summed E-state index contributed by atoms with van der Waals surface area (Å²) in [6.07, 6.45) is 0.636. The Hall–Kier alpha value is -1.79. The molecule has 0 aliphatic heterocycles.